The van der Waals surface area contributed by atoms with Crippen molar-refractivity contribution in [3.63, 3.8) is 0 Å². The zero-order chi connectivity index (χ0) is 29.0. The molecule has 1 spiro atoms. The Hall–Kier alpha value is -3.50. The number of aryl methyl sites for hydroxylation is 1. The van der Waals surface area contributed by atoms with E-state index in [4.69, 9.17) is 5.73 Å². The predicted octanol–water partition coefficient (Wildman–Crippen LogP) is 4.40. The first kappa shape index (κ1) is 29.0. The highest BCUT2D eigenvalue weighted by Gasteiger charge is 2.47. The van der Waals surface area contributed by atoms with Crippen molar-refractivity contribution in [1.82, 2.24) is 25.1 Å². The summed E-state index contributed by atoms with van der Waals surface area (Å²) in [5.74, 6) is -0.597. The second-order valence-corrected chi connectivity index (χ2v) is 12.4. The molecule has 2 saturated heterocycles. The number of likely N-dealkylation sites (tertiary alicyclic amines) is 2. The summed E-state index contributed by atoms with van der Waals surface area (Å²) in [6.07, 6.45) is 16.0. The molecule has 0 atom stereocenters. The molecule has 2 aromatic rings. The molecule has 41 heavy (non-hydrogen) atoms. The Morgan fingerprint density at radius 2 is 2.02 bits per heavy atom. The van der Waals surface area contributed by atoms with E-state index in [1.54, 1.807) is 19.2 Å². The van der Waals surface area contributed by atoms with E-state index in [0.29, 0.717) is 33.9 Å². The molecule has 9 nitrogen and oxygen atoms in total. The van der Waals surface area contributed by atoms with Gasteiger partial charge >= 0.3 is 0 Å². The molecule has 2 aromatic heterocycles. The molecule has 5 rings (SSSR count). The van der Waals surface area contributed by atoms with Gasteiger partial charge in [0, 0.05) is 63.1 Å². The van der Waals surface area contributed by atoms with Gasteiger partial charge in [0.25, 0.3) is 11.8 Å². The molecule has 2 amide bonds. The number of nitrogens with two attached hydrogens (primary N) is 1. The van der Waals surface area contributed by atoms with Crippen molar-refractivity contribution in [2.45, 2.75) is 52.4 Å². The normalized spacial score (nSPS) is 19.8. The maximum absolute atomic E-state index is 13.4. The summed E-state index contributed by atoms with van der Waals surface area (Å²) < 4.78 is 0. The van der Waals surface area contributed by atoms with E-state index in [0.717, 1.165) is 55.9 Å². The van der Waals surface area contributed by atoms with Crippen LogP contribution in [0.5, 0.6) is 0 Å². The van der Waals surface area contributed by atoms with Crippen molar-refractivity contribution in [2.24, 2.45) is 11.1 Å². The van der Waals surface area contributed by atoms with Crippen molar-refractivity contribution in [2.75, 3.05) is 45.1 Å². The Morgan fingerprint density at radius 1 is 1.20 bits per heavy atom. The van der Waals surface area contributed by atoms with Gasteiger partial charge in [0.05, 0.1) is 27.4 Å². The van der Waals surface area contributed by atoms with Crippen molar-refractivity contribution in [3.8, 4) is 0 Å². The standard InChI is InChI=1S/C31H41N7O2S/c1-4-5-7-23(26-8-6-13-37(26)3)27-19-35-30(41-27)24(17-32)29(40)36-25-16-22(18-34-21(25)2)28(39)33-12-15-38-14-11-31(20-38)9-10-31/h5,7,16-19H,4,6,8-15,20,32H2,1-3H3,(H,33,39)(H,36,40)/b7-5+,24-17-,26-23+. The topological polar surface area (TPSA) is 116 Å². The third-order valence-electron chi connectivity index (χ3n) is 8.40. The van der Waals surface area contributed by atoms with Crippen LogP contribution in [0.15, 0.2) is 42.5 Å². The van der Waals surface area contributed by atoms with Gasteiger partial charge in [-0.3, -0.25) is 14.6 Å². The summed E-state index contributed by atoms with van der Waals surface area (Å²) in [5, 5.41) is 6.44. The number of aromatic nitrogens is 2. The maximum Gasteiger partial charge on any atom is 0.260 e. The Bertz CT molecular complexity index is 1390. The van der Waals surface area contributed by atoms with Crippen molar-refractivity contribution in [1.29, 1.82) is 0 Å². The van der Waals surface area contributed by atoms with Crippen LogP contribution < -0.4 is 16.4 Å². The third kappa shape index (κ3) is 6.70. The van der Waals surface area contributed by atoms with Crippen LogP contribution in [0, 0.1) is 12.3 Å². The van der Waals surface area contributed by atoms with Gasteiger partial charge in [-0.15, -0.1) is 11.3 Å². The van der Waals surface area contributed by atoms with Gasteiger partial charge < -0.3 is 26.2 Å². The highest BCUT2D eigenvalue weighted by molar-refractivity contribution is 7.14. The van der Waals surface area contributed by atoms with E-state index in [9.17, 15) is 9.59 Å². The van der Waals surface area contributed by atoms with E-state index in [1.165, 1.54) is 42.5 Å². The SMILES string of the molecule is CC/C=C/C(=C1/CCCN1C)c1cnc(/C(=C\N)C(=O)Nc2cc(C(=O)NCCN3CCC4(CC4)C3)cnc2C)s1. The number of rotatable bonds is 10. The molecule has 2 aliphatic heterocycles. The van der Waals surface area contributed by atoms with Crippen LogP contribution in [0.1, 0.15) is 71.4 Å². The molecule has 3 aliphatic rings. The van der Waals surface area contributed by atoms with E-state index in [1.807, 2.05) is 6.20 Å². The lowest BCUT2D eigenvalue weighted by atomic mass is 10.1. The minimum absolute atomic E-state index is 0.204. The largest absolute Gasteiger partial charge is 0.404 e. The zero-order valence-electron chi connectivity index (χ0n) is 24.3. The van der Waals surface area contributed by atoms with Gasteiger partial charge in [-0.05, 0) is 63.5 Å². The molecule has 1 aliphatic carbocycles. The summed E-state index contributed by atoms with van der Waals surface area (Å²) in [4.78, 5) is 40.9. The Morgan fingerprint density at radius 3 is 2.71 bits per heavy atom. The molecule has 218 valence electrons. The number of allylic oxidation sites excluding steroid dienone is 4. The molecule has 0 unspecified atom stereocenters. The zero-order valence-corrected chi connectivity index (χ0v) is 25.1. The fourth-order valence-electron chi connectivity index (χ4n) is 5.68. The molecule has 0 radical (unpaired) electrons. The number of anilines is 1. The van der Waals surface area contributed by atoms with Crippen LogP contribution >= 0.6 is 11.3 Å². The molecule has 1 saturated carbocycles. The predicted molar refractivity (Wildman–Crippen MR) is 165 cm³/mol. The number of carbonyl (C=O) groups is 2. The van der Waals surface area contributed by atoms with Crippen LogP contribution in [0.4, 0.5) is 5.69 Å². The van der Waals surface area contributed by atoms with Crippen LogP contribution in [-0.2, 0) is 4.79 Å². The average molecular weight is 576 g/mol. The van der Waals surface area contributed by atoms with Crippen LogP contribution in [0.2, 0.25) is 0 Å². The first-order valence-corrected chi connectivity index (χ1v) is 15.4. The summed E-state index contributed by atoms with van der Waals surface area (Å²) >= 11 is 1.45. The maximum atomic E-state index is 13.4. The number of nitrogens with one attached hydrogen (secondary N) is 2. The lowest BCUT2D eigenvalue weighted by Crippen LogP contribution is -2.34. The number of pyridine rings is 1. The molecule has 3 fully saturated rings. The minimum Gasteiger partial charge on any atom is -0.404 e. The van der Waals surface area contributed by atoms with Crippen molar-refractivity contribution < 1.29 is 9.59 Å². The highest BCUT2D eigenvalue weighted by Crippen LogP contribution is 2.52. The van der Waals surface area contributed by atoms with Gasteiger partial charge in [-0.25, -0.2) is 4.98 Å². The number of hydrogen-bond donors (Lipinski definition) is 3. The van der Waals surface area contributed by atoms with Gasteiger partial charge in [0.15, 0.2) is 0 Å². The highest BCUT2D eigenvalue weighted by atomic mass is 32.1. The number of nitrogens with zero attached hydrogens (tertiary/aromatic N) is 4. The van der Waals surface area contributed by atoms with E-state index in [-0.39, 0.29) is 11.5 Å². The number of hydrogen-bond acceptors (Lipinski definition) is 8. The molecular formula is C31H41N7O2S. The van der Waals surface area contributed by atoms with Crippen molar-refractivity contribution >= 4 is 40.0 Å². The number of thiazole rings is 1. The summed E-state index contributed by atoms with van der Waals surface area (Å²) in [6, 6.07) is 1.67. The Balaban J connectivity index is 1.24. The van der Waals surface area contributed by atoms with E-state index >= 15 is 0 Å². The molecule has 0 aromatic carbocycles. The second kappa shape index (κ2) is 12.6. The lowest BCUT2D eigenvalue weighted by molar-refractivity contribution is -0.111. The summed E-state index contributed by atoms with van der Waals surface area (Å²) in [6.45, 7) is 8.63. The van der Waals surface area contributed by atoms with Gasteiger partial charge in [0.2, 0.25) is 0 Å². The number of amides is 2. The van der Waals surface area contributed by atoms with E-state index in [2.05, 4.69) is 56.5 Å². The third-order valence-corrected chi connectivity index (χ3v) is 9.46. The molecule has 10 heteroatoms. The second-order valence-electron chi connectivity index (χ2n) is 11.4. The molecule has 0 bridgehead atoms. The molecule has 4 heterocycles. The van der Waals surface area contributed by atoms with E-state index < -0.39 is 5.91 Å². The molecule has 4 N–H and O–H groups in total. The summed E-state index contributed by atoms with van der Waals surface area (Å²) in [5.41, 5.74) is 10.7. The Labute approximate surface area is 246 Å². The average Bonchev–Trinajstić information content (AvgIpc) is 3.26. The monoisotopic (exact) mass is 575 g/mol. The minimum atomic E-state index is -0.393. The van der Waals surface area contributed by atoms with Crippen LogP contribution in [0.3, 0.4) is 0 Å². The number of carbonyl (C=O) groups excluding carboxylic acids is 2. The molecular weight excluding hydrogens is 534 g/mol. The fourth-order valence-corrected chi connectivity index (χ4v) is 6.67. The van der Waals surface area contributed by atoms with Crippen molar-refractivity contribution in [3.05, 3.63) is 63.7 Å². The summed E-state index contributed by atoms with van der Waals surface area (Å²) in [7, 11) is 2.12. The lowest BCUT2D eigenvalue weighted by Gasteiger charge is -2.16. The van der Waals surface area contributed by atoms with Gasteiger partial charge in [-0.2, -0.15) is 0 Å². The first-order valence-electron chi connectivity index (χ1n) is 14.6. The van der Waals surface area contributed by atoms with Crippen LogP contribution in [0.25, 0.3) is 11.1 Å². The first-order chi connectivity index (χ1) is 19.8. The smallest absolute Gasteiger partial charge is 0.260 e. The quantitative estimate of drug-likeness (QED) is 0.360. The van der Waals surface area contributed by atoms with Gasteiger partial charge in [-0.1, -0.05) is 19.1 Å². The van der Waals surface area contributed by atoms with Crippen LogP contribution in [-0.4, -0.2) is 71.4 Å². The Kier molecular flexibility index (Phi) is 8.89. The fraction of sp³-hybridized carbons (Fsp3) is 0.484. The van der Waals surface area contributed by atoms with Gasteiger partial charge in [0.1, 0.15) is 5.01 Å².